The summed E-state index contributed by atoms with van der Waals surface area (Å²) in [5.74, 6) is -0.162. The lowest BCUT2D eigenvalue weighted by molar-refractivity contribution is 0.403. The number of anilines is 8. The summed E-state index contributed by atoms with van der Waals surface area (Å²) in [7, 11) is 0. The van der Waals surface area contributed by atoms with Crippen LogP contribution >= 0.6 is 0 Å². The van der Waals surface area contributed by atoms with E-state index in [1.807, 2.05) is 85.7 Å². The van der Waals surface area contributed by atoms with Gasteiger partial charge in [-0.05, 0) is 75.8 Å². The highest BCUT2D eigenvalue weighted by Gasteiger charge is 2.21. The van der Waals surface area contributed by atoms with Gasteiger partial charge in [-0.25, -0.2) is 0 Å². The zero-order valence-electron chi connectivity index (χ0n) is 33.2. The number of fused-ring (bicyclic) bond motifs is 6. The van der Waals surface area contributed by atoms with Crippen molar-refractivity contribution in [1.29, 1.82) is 0 Å². The Morgan fingerprint density at radius 1 is 0.364 bits per heavy atom. The van der Waals surface area contributed by atoms with E-state index < -0.39 is 0 Å². The van der Waals surface area contributed by atoms with Gasteiger partial charge in [-0.15, -0.1) is 0 Å². The summed E-state index contributed by atoms with van der Waals surface area (Å²) in [6.07, 6.45) is 2.78. The number of aromatic hydroxyl groups is 2. The second kappa shape index (κ2) is 22.9. The number of rotatable bonds is 0. The van der Waals surface area contributed by atoms with E-state index in [1.54, 1.807) is 24.3 Å². The zero-order chi connectivity index (χ0) is 39.6. The van der Waals surface area contributed by atoms with E-state index in [0.29, 0.717) is 11.4 Å². The third-order valence-electron chi connectivity index (χ3n) is 8.53. The van der Waals surface area contributed by atoms with Gasteiger partial charge in [-0.1, -0.05) is 136 Å². The molecule has 0 bridgehead atoms. The molecule has 0 saturated carbocycles. The maximum absolute atomic E-state index is 9.45. The van der Waals surface area contributed by atoms with Gasteiger partial charge < -0.3 is 37.6 Å². The van der Waals surface area contributed by atoms with E-state index in [1.165, 1.54) is 50.6 Å². The van der Waals surface area contributed by atoms with Crippen LogP contribution < -0.4 is 27.4 Å². The monoisotopic (exact) mass is 741 g/mol. The average molecular weight is 742 g/mol. The number of nitrogens with one attached hydrogen (secondary N) is 3. The number of nitrogens with two attached hydrogens (primary N) is 2. The minimum Gasteiger partial charge on any atom is -0.504 e. The van der Waals surface area contributed by atoms with Crippen LogP contribution in [0, 0.1) is 0 Å². The van der Waals surface area contributed by atoms with Crippen molar-refractivity contribution in [2.24, 2.45) is 0 Å². The molecule has 6 aromatic rings. The van der Waals surface area contributed by atoms with E-state index in [0.717, 1.165) is 36.2 Å². The van der Waals surface area contributed by atoms with Crippen molar-refractivity contribution in [3.8, 4) is 11.5 Å². The molecule has 0 atom stereocenters. The normalized spacial score (nSPS) is 10.9. The van der Waals surface area contributed by atoms with E-state index in [-0.39, 0.29) is 18.9 Å². The van der Waals surface area contributed by atoms with Crippen LogP contribution in [0.15, 0.2) is 121 Å². The summed E-state index contributed by atoms with van der Waals surface area (Å²) in [4.78, 5) is 0. The molecular weight excluding hydrogens is 679 g/mol. The molecule has 0 unspecified atom stereocenters. The summed E-state index contributed by atoms with van der Waals surface area (Å²) in [5, 5.41) is 29.3. The van der Waals surface area contributed by atoms with Crippen molar-refractivity contribution in [2.45, 2.75) is 82.1 Å². The molecule has 0 aliphatic carbocycles. The van der Waals surface area contributed by atoms with Crippen LogP contribution in [0.2, 0.25) is 0 Å². The van der Waals surface area contributed by atoms with Gasteiger partial charge >= 0.3 is 0 Å². The summed E-state index contributed by atoms with van der Waals surface area (Å²) < 4.78 is 0. The highest BCUT2D eigenvalue weighted by atomic mass is 16.3. The van der Waals surface area contributed by atoms with Gasteiger partial charge in [0.2, 0.25) is 0 Å². The summed E-state index contributed by atoms with van der Waals surface area (Å²) >= 11 is 0. The third-order valence-corrected chi connectivity index (χ3v) is 8.53. The molecule has 292 valence electrons. The minimum absolute atomic E-state index is 0. The number of phenols is 2. The molecule has 7 heteroatoms. The van der Waals surface area contributed by atoms with Crippen molar-refractivity contribution in [2.75, 3.05) is 27.4 Å². The van der Waals surface area contributed by atoms with Gasteiger partial charge in [0, 0.05) is 59.5 Å². The molecule has 0 saturated heterocycles. The molecule has 0 aromatic heterocycles. The van der Waals surface area contributed by atoms with Crippen LogP contribution in [0.3, 0.4) is 0 Å². The molecule has 7 nitrogen and oxygen atoms in total. The van der Waals surface area contributed by atoms with E-state index >= 15 is 0 Å². The predicted octanol–water partition coefficient (Wildman–Crippen LogP) is 13.3. The maximum atomic E-state index is 9.45. The van der Waals surface area contributed by atoms with E-state index in [9.17, 15) is 10.2 Å². The SMILES string of the molecule is C.CC.CC.CC.CC.Nc1ccccc1N.Oc1cc2c(cc1O)Nc1ccccc1C2.c1ccc2c(c1)Cc1cc3c(cc1N2)Nc1ccccc1C3. The second-order valence-corrected chi connectivity index (χ2v) is 11.7. The highest BCUT2D eigenvalue weighted by molar-refractivity contribution is 5.80. The van der Waals surface area contributed by atoms with E-state index in [2.05, 4.69) is 82.7 Å². The molecule has 9 rings (SSSR count). The Balaban J connectivity index is 0.000000279. The zero-order valence-corrected chi connectivity index (χ0v) is 33.2. The lowest BCUT2D eigenvalue weighted by Gasteiger charge is -2.27. The van der Waals surface area contributed by atoms with Gasteiger partial charge in [-0.3, -0.25) is 0 Å². The minimum atomic E-state index is -0.0920. The van der Waals surface area contributed by atoms with Crippen LogP contribution in [0.4, 0.5) is 45.5 Å². The molecule has 3 aliphatic heterocycles. The average Bonchev–Trinajstić information content (AvgIpc) is 3.23. The standard InChI is InChI=1S/C20H16N2.C13H11NO2.C6H8N2.4C2H6.CH4/c1-3-7-17-13(5-1)9-15-11-16-10-14-6-2-4-8-18(14)22-20(16)12-19(15)21-17;15-12-6-9-5-8-3-1-2-4-10(8)14-11(9)7-13(12)16;7-5-3-1-2-4-6(5)8;4*1-2;/h1-8,11-12,21-22H,9-10H2;1-4,6-7,14-16H,5H2;1-4H,7-8H2;4*1-2H3;1H4. The molecule has 0 spiro atoms. The molecule has 3 aliphatic rings. The lowest BCUT2D eigenvalue weighted by Crippen LogP contribution is -2.11. The van der Waals surface area contributed by atoms with Crippen molar-refractivity contribution in [3.63, 3.8) is 0 Å². The fourth-order valence-corrected chi connectivity index (χ4v) is 6.05. The molecule has 9 N–H and O–H groups in total. The topological polar surface area (TPSA) is 129 Å². The number of para-hydroxylation sites is 5. The Labute approximate surface area is 330 Å². The van der Waals surface area contributed by atoms with Gasteiger partial charge in [-0.2, -0.15) is 0 Å². The van der Waals surface area contributed by atoms with Crippen LogP contribution in [0.25, 0.3) is 0 Å². The number of hydrogen-bond donors (Lipinski definition) is 7. The van der Waals surface area contributed by atoms with Gasteiger partial charge in [0.05, 0.1) is 11.4 Å². The Morgan fingerprint density at radius 3 is 1.02 bits per heavy atom. The van der Waals surface area contributed by atoms with Gasteiger partial charge in [0.25, 0.3) is 0 Å². The first kappa shape index (κ1) is 45.1. The predicted molar refractivity (Wildman–Crippen MR) is 241 cm³/mol. The molecule has 3 heterocycles. The van der Waals surface area contributed by atoms with E-state index in [4.69, 9.17) is 11.5 Å². The highest BCUT2D eigenvalue weighted by Crippen LogP contribution is 2.41. The van der Waals surface area contributed by atoms with Gasteiger partial charge in [0.1, 0.15) is 0 Å². The number of hydrogen-bond acceptors (Lipinski definition) is 7. The summed E-state index contributed by atoms with van der Waals surface area (Å²) in [6, 6.07) is 40.2. The molecule has 0 fully saturated rings. The second-order valence-electron chi connectivity index (χ2n) is 11.7. The Hall–Kier alpha value is -6.08. The number of nitrogen functional groups attached to an aromatic ring is 2. The Kier molecular flexibility index (Phi) is 18.7. The molecule has 0 amide bonds. The fraction of sp³-hybridized carbons (Fsp3) is 0.250. The molecule has 0 radical (unpaired) electrons. The lowest BCUT2D eigenvalue weighted by atomic mass is 9.91. The first-order chi connectivity index (χ1) is 26.4. The van der Waals surface area contributed by atoms with Crippen LogP contribution in [-0.2, 0) is 19.3 Å². The summed E-state index contributed by atoms with van der Waals surface area (Å²) in [5.41, 5.74) is 26.6. The number of phenolic OH excluding ortho intramolecular Hbond substituents is 2. The Bertz CT molecular complexity index is 1860. The molecule has 6 aromatic carbocycles. The van der Waals surface area contributed by atoms with Crippen LogP contribution in [0.5, 0.6) is 11.5 Å². The van der Waals surface area contributed by atoms with Crippen molar-refractivity contribution >= 4 is 45.5 Å². The fourth-order valence-electron chi connectivity index (χ4n) is 6.05. The first-order valence-electron chi connectivity index (χ1n) is 19.3. The van der Waals surface area contributed by atoms with Crippen molar-refractivity contribution < 1.29 is 10.2 Å². The maximum Gasteiger partial charge on any atom is 0.159 e. The summed E-state index contributed by atoms with van der Waals surface area (Å²) in [6.45, 7) is 16.0. The van der Waals surface area contributed by atoms with Crippen LogP contribution in [0.1, 0.15) is 96.2 Å². The van der Waals surface area contributed by atoms with Gasteiger partial charge in [0.15, 0.2) is 11.5 Å². The smallest absolute Gasteiger partial charge is 0.159 e. The van der Waals surface area contributed by atoms with Crippen molar-refractivity contribution in [3.05, 3.63) is 155 Å². The quantitative estimate of drug-likeness (QED) is 0.0468. The largest absolute Gasteiger partial charge is 0.504 e. The Morgan fingerprint density at radius 2 is 0.655 bits per heavy atom. The van der Waals surface area contributed by atoms with Crippen molar-refractivity contribution in [1.82, 2.24) is 0 Å². The first-order valence-corrected chi connectivity index (χ1v) is 19.3. The van der Waals surface area contributed by atoms with Crippen LogP contribution in [-0.4, -0.2) is 10.2 Å². The molecule has 55 heavy (non-hydrogen) atoms. The number of benzene rings is 6. The third kappa shape index (κ3) is 11.5. The molecular formula is C48H63N5O2.